The molecule has 0 spiro atoms. The third-order valence-electron chi connectivity index (χ3n) is 1.71. The van der Waals surface area contributed by atoms with Crippen LogP contribution in [0.25, 0.3) is 0 Å². The monoisotopic (exact) mass is 243 g/mol. The summed E-state index contributed by atoms with van der Waals surface area (Å²) < 4.78 is 0.985. The van der Waals surface area contributed by atoms with Gasteiger partial charge in [-0.1, -0.05) is 28.1 Å². The molecule has 0 aliphatic rings. The lowest BCUT2D eigenvalue weighted by molar-refractivity contribution is 0.191. The van der Waals surface area contributed by atoms with Gasteiger partial charge in [-0.15, -0.1) is 0 Å². The fourth-order valence-electron chi connectivity index (χ4n) is 1.02. The molecule has 0 saturated carbocycles. The van der Waals surface area contributed by atoms with E-state index in [1.165, 1.54) is 0 Å². The van der Waals surface area contributed by atoms with Gasteiger partial charge < -0.3 is 10.4 Å². The first-order chi connectivity index (χ1) is 6.09. The van der Waals surface area contributed by atoms with E-state index in [-0.39, 0.29) is 6.04 Å². The maximum absolute atomic E-state index is 10.3. The van der Waals surface area contributed by atoms with E-state index in [1.54, 1.807) is 6.92 Å². The number of benzene rings is 1. The second-order valence-electron chi connectivity index (χ2n) is 2.72. The van der Waals surface area contributed by atoms with Gasteiger partial charge in [-0.2, -0.15) is 0 Å². The minimum atomic E-state index is -1.00. The largest absolute Gasteiger partial charge is 0.465 e. The van der Waals surface area contributed by atoms with E-state index in [1.807, 2.05) is 24.3 Å². The van der Waals surface area contributed by atoms with E-state index >= 15 is 0 Å². The first kappa shape index (κ1) is 10.1. The second-order valence-corrected chi connectivity index (χ2v) is 3.64. The van der Waals surface area contributed by atoms with Crippen molar-refractivity contribution in [1.82, 2.24) is 5.32 Å². The first-order valence-corrected chi connectivity index (χ1v) is 4.64. The van der Waals surface area contributed by atoms with Crippen molar-refractivity contribution in [1.29, 1.82) is 0 Å². The molecule has 13 heavy (non-hydrogen) atoms. The summed E-state index contributed by atoms with van der Waals surface area (Å²) in [6, 6.07) is 7.35. The third kappa shape index (κ3) is 3.06. The van der Waals surface area contributed by atoms with E-state index in [9.17, 15) is 4.79 Å². The number of hydrogen-bond donors (Lipinski definition) is 2. The SMILES string of the molecule is C[C@H](NC(=O)O)c1ccc(Br)cc1. The van der Waals surface area contributed by atoms with Crippen LogP contribution in [0, 0.1) is 0 Å². The molecule has 4 heteroatoms. The van der Waals surface area contributed by atoms with Gasteiger partial charge in [-0.25, -0.2) is 4.79 Å². The van der Waals surface area contributed by atoms with E-state index in [2.05, 4.69) is 21.2 Å². The van der Waals surface area contributed by atoms with Gasteiger partial charge in [0, 0.05) is 4.47 Å². The number of carboxylic acid groups (broad SMARTS) is 1. The highest BCUT2D eigenvalue weighted by Gasteiger charge is 2.06. The number of nitrogens with one attached hydrogen (secondary N) is 1. The molecule has 3 nitrogen and oxygen atoms in total. The standard InChI is InChI=1S/C9H10BrNO2/c1-6(11-9(12)13)7-2-4-8(10)5-3-7/h2-6,11H,1H3,(H,12,13)/t6-/m0/s1. The van der Waals surface area contributed by atoms with Crippen molar-refractivity contribution in [3.05, 3.63) is 34.3 Å². The highest BCUT2D eigenvalue weighted by atomic mass is 79.9. The molecule has 0 heterocycles. The molecule has 1 aromatic carbocycles. The zero-order valence-electron chi connectivity index (χ0n) is 7.12. The highest BCUT2D eigenvalue weighted by Crippen LogP contribution is 2.16. The lowest BCUT2D eigenvalue weighted by Gasteiger charge is -2.11. The van der Waals surface area contributed by atoms with Crippen molar-refractivity contribution >= 4 is 22.0 Å². The van der Waals surface area contributed by atoms with Crippen LogP contribution in [0.4, 0.5) is 4.79 Å². The first-order valence-electron chi connectivity index (χ1n) is 3.84. The van der Waals surface area contributed by atoms with Crippen LogP contribution < -0.4 is 5.32 Å². The van der Waals surface area contributed by atoms with Gasteiger partial charge in [0.05, 0.1) is 6.04 Å². The molecular formula is C9H10BrNO2. The third-order valence-corrected chi connectivity index (χ3v) is 2.24. The molecule has 2 N–H and O–H groups in total. The molecular weight excluding hydrogens is 234 g/mol. The molecule has 0 aliphatic heterocycles. The lowest BCUT2D eigenvalue weighted by atomic mass is 10.1. The molecule has 0 saturated heterocycles. The zero-order chi connectivity index (χ0) is 9.84. The fraction of sp³-hybridized carbons (Fsp3) is 0.222. The topological polar surface area (TPSA) is 49.3 Å². The molecule has 0 aromatic heterocycles. The Bertz CT molecular complexity index is 297. The van der Waals surface area contributed by atoms with Gasteiger partial charge in [0.15, 0.2) is 0 Å². The Morgan fingerprint density at radius 3 is 2.46 bits per heavy atom. The summed E-state index contributed by atoms with van der Waals surface area (Å²) in [5, 5.41) is 10.9. The molecule has 70 valence electrons. The number of carbonyl (C=O) groups is 1. The average Bonchev–Trinajstić information content (AvgIpc) is 2.04. The summed E-state index contributed by atoms with van der Waals surface area (Å²) in [6.45, 7) is 1.80. The predicted molar refractivity (Wildman–Crippen MR) is 53.7 cm³/mol. The highest BCUT2D eigenvalue weighted by molar-refractivity contribution is 9.10. The Labute approximate surface area is 84.9 Å². The van der Waals surface area contributed by atoms with Crippen molar-refractivity contribution in [2.45, 2.75) is 13.0 Å². The molecule has 1 aromatic rings. The summed E-state index contributed by atoms with van der Waals surface area (Å²) in [4.78, 5) is 10.3. The maximum atomic E-state index is 10.3. The summed E-state index contributed by atoms with van der Waals surface area (Å²) in [5.41, 5.74) is 0.950. The average molecular weight is 244 g/mol. The van der Waals surface area contributed by atoms with E-state index in [0.29, 0.717) is 0 Å². The number of halogens is 1. The van der Waals surface area contributed by atoms with Crippen LogP contribution in [0.3, 0.4) is 0 Å². The molecule has 1 rings (SSSR count). The molecule has 0 aliphatic carbocycles. The van der Waals surface area contributed by atoms with Crippen LogP contribution in [0.2, 0.25) is 0 Å². The summed E-state index contributed by atoms with van der Waals surface area (Å²) in [6.07, 6.45) is -1.00. The van der Waals surface area contributed by atoms with Gasteiger partial charge in [-0.3, -0.25) is 0 Å². The quantitative estimate of drug-likeness (QED) is 0.840. The second kappa shape index (κ2) is 4.28. The van der Waals surface area contributed by atoms with Crippen molar-refractivity contribution in [2.75, 3.05) is 0 Å². The van der Waals surface area contributed by atoms with Crippen LogP contribution in [-0.4, -0.2) is 11.2 Å². The number of hydrogen-bond acceptors (Lipinski definition) is 1. The lowest BCUT2D eigenvalue weighted by Crippen LogP contribution is -2.24. The van der Waals surface area contributed by atoms with Crippen molar-refractivity contribution in [3.8, 4) is 0 Å². The van der Waals surface area contributed by atoms with E-state index in [0.717, 1.165) is 10.0 Å². The van der Waals surface area contributed by atoms with Crippen LogP contribution in [0.1, 0.15) is 18.5 Å². The molecule has 1 amide bonds. The molecule has 0 bridgehead atoms. The van der Waals surface area contributed by atoms with Crippen LogP contribution in [-0.2, 0) is 0 Å². The predicted octanol–water partition coefficient (Wildman–Crippen LogP) is 2.78. The molecule has 0 unspecified atom stereocenters. The Hall–Kier alpha value is -1.03. The van der Waals surface area contributed by atoms with Crippen LogP contribution in [0.5, 0.6) is 0 Å². The maximum Gasteiger partial charge on any atom is 0.405 e. The van der Waals surface area contributed by atoms with E-state index in [4.69, 9.17) is 5.11 Å². The van der Waals surface area contributed by atoms with Crippen LogP contribution in [0.15, 0.2) is 28.7 Å². The Kier molecular flexibility index (Phi) is 3.31. The van der Waals surface area contributed by atoms with Crippen molar-refractivity contribution < 1.29 is 9.90 Å². The smallest absolute Gasteiger partial charge is 0.405 e. The van der Waals surface area contributed by atoms with Crippen LogP contribution >= 0.6 is 15.9 Å². The fourth-order valence-corrected chi connectivity index (χ4v) is 1.28. The van der Waals surface area contributed by atoms with Gasteiger partial charge in [-0.05, 0) is 24.6 Å². The minimum absolute atomic E-state index is 0.175. The molecule has 1 atom stereocenters. The number of rotatable bonds is 2. The van der Waals surface area contributed by atoms with Gasteiger partial charge in [0.2, 0.25) is 0 Å². The van der Waals surface area contributed by atoms with Gasteiger partial charge in [0.1, 0.15) is 0 Å². The van der Waals surface area contributed by atoms with Crippen molar-refractivity contribution in [3.63, 3.8) is 0 Å². The Morgan fingerprint density at radius 1 is 1.46 bits per heavy atom. The van der Waals surface area contributed by atoms with Crippen molar-refractivity contribution in [2.24, 2.45) is 0 Å². The van der Waals surface area contributed by atoms with E-state index < -0.39 is 6.09 Å². The summed E-state index contributed by atoms with van der Waals surface area (Å²) in [5.74, 6) is 0. The normalized spacial score (nSPS) is 12.2. The molecule has 0 radical (unpaired) electrons. The minimum Gasteiger partial charge on any atom is -0.465 e. The summed E-state index contributed by atoms with van der Waals surface area (Å²) in [7, 11) is 0. The zero-order valence-corrected chi connectivity index (χ0v) is 8.71. The van der Waals surface area contributed by atoms with Gasteiger partial charge >= 0.3 is 6.09 Å². The Morgan fingerprint density at radius 2 is 2.00 bits per heavy atom. The Balaban J connectivity index is 2.71. The molecule has 0 fully saturated rings. The summed E-state index contributed by atoms with van der Waals surface area (Å²) >= 11 is 3.31. The van der Waals surface area contributed by atoms with Gasteiger partial charge in [0.25, 0.3) is 0 Å². The number of amides is 1.